The summed E-state index contributed by atoms with van der Waals surface area (Å²) in [6.45, 7) is 6.07. The number of nitrogens with one attached hydrogen (secondary N) is 1. The van der Waals surface area contributed by atoms with Crippen LogP contribution in [0, 0.1) is 0 Å². The van der Waals surface area contributed by atoms with Crippen LogP contribution in [0.5, 0.6) is 5.75 Å². The first-order valence-corrected chi connectivity index (χ1v) is 6.27. The normalized spacial score (nSPS) is 24.6. The second-order valence-corrected chi connectivity index (χ2v) is 4.52. The molecule has 0 aromatic heterocycles. The number of morpholine rings is 1. The lowest BCUT2D eigenvalue weighted by atomic mass is 10.0. The summed E-state index contributed by atoms with van der Waals surface area (Å²) in [6.07, 6.45) is 1.42. The summed E-state index contributed by atoms with van der Waals surface area (Å²) < 4.78 is 11.3. The SMILES string of the molecule is CCc1cc(C2CNCC(C)O2)ccc1OC. The Kier molecular flexibility index (Phi) is 4.02. The molecule has 1 aliphatic rings. The Bertz CT molecular complexity index is 378. The van der Waals surface area contributed by atoms with Gasteiger partial charge in [0.2, 0.25) is 0 Å². The lowest BCUT2D eigenvalue weighted by molar-refractivity contribution is -0.0287. The zero-order valence-corrected chi connectivity index (χ0v) is 10.8. The zero-order chi connectivity index (χ0) is 12.3. The Balaban J connectivity index is 2.20. The van der Waals surface area contributed by atoms with Gasteiger partial charge in [0.05, 0.1) is 19.3 Å². The van der Waals surface area contributed by atoms with Crippen molar-refractivity contribution < 1.29 is 9.47 Å². The van der Waals surface area contributed by atoms with Crippen LogP contribution in [0.15, 0.2) is 18.2 Å². The molecule has 3 heteroatoms. The summed E-state index contributed by atoms with van der Waals surface area (Å²) in [4.78, 5) is 0. The average molecular weight is 235 g/mol. The number of hydrogen-bond donors (Lipinski definition) is 1. The molecule has 1 aromatic carbocycles. The van der Waals surface area contributed by atoms with E-state index in [-0.39, 0.29) is 12.2 Å². The predicted molar refractivity (Wildman–Crippen MR) is 68.5 cm³/mol. The Morgan fingerprint density at radius 1 is 1.41 bits per heavy atom. The maximum absolute atomic E-state index is 5.94. The van der Waals surface area contributed by atoms with Crippen molar-refractivity contribution >= 4 is 0 Å². The van der Waals surface area contributed by atoms with Crippen molar-refractivity contribution in [2.75, 3.05) is 20.2 Å². The smallest absolute Gasteiger partial charge is 0.122 e. The number of rotatable bonds is 3. The van der Waals surface area contributed by atoms with E-state index in [2.05, 4.69) is 31.3 Å². The topological polar surface area (TPSA) is 30.5 Å². The first kappa shape index (κ1) is 12.4. The number of hydrogen-bond acceptors (Lipinski definition) is 3. The minimum absolute atomic E-state index is 0.162. The van der Waals surface area contributed by atoms with E-state index in [1.807, 2.05) is 6.07 Å². The van der Waals surface area contributed by atoms with Gasteiger partial charge in [0.15, 0.2) is 0 Å². The molecule has 94 valence electrons. The van der Waals surface area contributed by atoms with Crippen molar-refractivity contribution in [1.82, 2.24) is 5.32 Å². The number of ether oxygens (including phenoxy) is 2. The second kappa shape index (κ2) is 5.52. The van der Waals surface area contributed by atoms with Crippen LogP contribution < -0.4 is 10.1 Å². The third-order valence-electron chi connectivity index (χ3n) is 3.22. The van der Waals surface area contributed by atoms with Gasteiger partial charge in [-0.1, -0.05) is 13.0 Å². The average Bonchev–Trinajstić information content (AvgIpc) is 2.38. The van der Waals surface area contributed by atoms with E-state index >= 15 is 0 Å². The molecule has 1 fully saturated rings. The van der Waals surface area contributed by atoms with E-state index in [1.54, 1.807) is 7.11 Å². The summed E-state index contributed by atoms with van der Waals surface area (Å²) in [5, 5.41) is 3.39. The Hall–Kier alpha value is -1.06. The fourth-order valence-corrected chi connectivity index (χ4v) is 2.27. The fourth-order valence-electron chi connectivity index (χ4n) is 2.27. The maximum Gasteiger partial charge on any atom is 0.122 e. The van der Waals surface area contributed by atoms with Crippen LogP contribution in [0.4, 0.5) is 0 Å². The summed E-state index contributed by atoms with van der Waals surface area (Å²) in [5.41, 5.74) is 2.48. The van der Waals surface area contributed by atoms with Gasteiger partial charge in [-0.3, -0.25) is 0 Å². The molecule has 0 aliphatic carbocycles. The Labute approximate surface area is 103 Å². The van der Waals surface area contributed by atoms with Gasteiger partial charge in [0.1, 0.15) is 5.75 Å². The van der Waals surface area contributed by atoms with E-state index in [1.165, 1.54) is 11.1 Å². The van der Waals surface area contributed by atoms with Crippen LogP contribution in [0.25, 0.3) is 0 Å². The molecule has 0 spiro atoms. The van der Waals surface area contributed by atoms with Crippen molar-refractivity contribution in [3.8, 4) is 5.75 Å². The molecule has 1 aromatic rings. The molecule has 1 heterocycles. The summed E-state index contributed by atoms with van der Waals surface area (Å²) >= 11 is 0. The lowest BCUT2D eigenvalue weighted by Crippen LogP contribution is -2.38. The van der Waals surface area contributed by atoms with Crippen molar-refractivity contribution in [2.45, 2.75) is 32.5 Å². The highest BCUT2D eigenvalue weighted by Crippen LogP contribution is 2.27. The van der Waals surface area contributed by atoms with Crippen LogP contribution in [0.2, 0.25) is 0 Å². The van der Waals surface area contributed by atoms with Gasteiger partial charge in [-0.2, -0.15) is 0 Å². The number of benzene rings is 1. The third-order valence-corrected chi connectivity index (χ3v) is 3.22. The molecule has 0 saturated carbocycles. The maximum atomic E-state index is 5.94. The first-order chi connectivity index (χ1) is 8.24. The van der Waals surface area contributed by atoms with Gasteiger partial charge in [0, 0.05) is 13.1 Å². The Morgan fingerprint density at radius 2 is 2.24 bits per heavy atom. The lowest BCUT2D eigenvalue weighted by Gasteiger charge is -2.29. The molecule has 2 atom stereocenters. The van der Waals surface area contributed by atoms with Crippen molar-refractivity contribution in [1.29, 1.82) is 0 Å². The molecule has 1 aliphatic heterocycles. The highest BCUT2D eigenvalue weighted by molar-refractivity contribution is 5.38. The fraction of sp³-hybridized carbons (Fsp3) is 0.571. The van der Waals surface area contributed by atoms with Crippen molar-refractivity contribution in [3.63, 3.8) is 0 Å². The van der Waals surface area contributed by atoms with Crippen molar-refractivity contribution in [2.24, 2.45) is 0 Å². The zero-order valence-electron chi connectivity index (χ0n) is 10.8. The van der Waals surface area contributed by atoms with Crippen LogP contribution in [0.3, 0.4) is 0 Å². The van der Waals surface area contributed by atoms with E-state index in [9.17, 15) is 0 Å². The van der Waals surface area contributed by atoms with Gasteiger partial charge in [0.25, 0.3) is 0 Å². The number of aryl methyl sites for hydroxylation is 1. The first-order valence-electron chi connectivity index (χ1n) is 6.27. The molecule has 1 N–H and O–H groups in total. The molecule has 1 saturated heterocycles. The van der Waals surface area contributed by atoms with E-state index in [4.69, 9.17) is 9.47 Å². The summed E-state index contributed by atoms with van der Waals surface area (Å²) in [6, 6.07) is 6.34. The standard InChI is InChI=1S/C14H21NO2/c1-4-11-7-12(5-6-13(11)16-3)14-9-15-8-10(2)17-14/h5-7,10,14-15H,4,8-9H2,1-3H3. The molecule has 0 amide bonds. The minimum atomic E-state index is 0.162. The Morgan fingerprint density at radius 3 is 2.88 bits per heavy atom. The molecule has 0 radical (unpaired) electrons. The molecule has 0 bridgehead atoms. The van der Waals surface area contributed by atoms with Gasteiger partial charge in [-0.15, -0.1) is 0 Å². The highest BCUT2D eigenvalue weighted by atomic mass is 16.5. The molecule has 3 nitrogen and oxygen atoms in total. The van der Waals surface area contributed by atoms with Gasteiger partial charge < -0.3 is 14.8 Å². The van der Waals surface area contributed by atoms with Crippen LogP contribution in [0.1, 0.15) is 31.1 Å². The third kappa shape index (κ3) is 2.79. The molecule has 2 unspecified atom stereocenters. The largest absolute Gasteiger partial charge is 0.496 e. The predicted octanol–water partition coefficient (Wildman–Crippen LogP) is 2.31. The van der Waals surface area contributed by atoms with Crippen LogP contribution in [-0.2, 0) is 11.2 Å². The number of methoxy groups -OCH3 is 1. The van der Waals surface area contributed by atoms with Gasteiger partial charge >= 0.3 is 0 Å². The highest BCUT2D eigenvalue weighted by Gasteiger charge is 2.20. The van der Waals surface area contributed by atoms with Crippen molar-refractivity contribution in [3.05, 3.63) is 29.3 Å². The van der Waals surface area contributed by atoms with Crippen LogP contribution in [-0.4, -0.2) is 26.3 Å². The van der Waals surface area contributed by atoms with E-state index in [0.717, 1.165) is 25.3 Å². The van der Waals surface area contributed by atoms with Gasteiger partial charge in [-0.05, 0) is 36.6 Å². The minimum Gasteiger partial charge on any atom is -0.496 e. The molecular weight excluding hydrogens is 214 g/mol. The summed E-state index contributed by atoms with van der Waals surface area (Å²) in [5.74, 6) is 0.966. The van der Waals surface area contributed by atoms with E-state index in [0.29, 0.717) is 0 Å². The van der Waals surface area contributed by atoms with E-state index < -0.39 is 0 Å². The molecule has 17 heavy (non-hydrogen) atoms. The second-order valence-electron chi connectivity index (χ2n) is 4.52. The van der Waals surface area contributed by atoms with Gasteiger partial charge in [-0.25, -0.2) is 0 Å². The quantitative estimate of drug-likeness (QED) is 0.872. The monoisotopic (exact) mass is 235 g/mol. The summed E-state index contributed by atoms with van der Waals surface area (Å²) in [7, 11) is 1.72. The molecule has 2 rings (SSSR count). The molecular formula is C14H21NO2. The van der Waals surface area contributed by atoms with Crippen LogP contribution >= 0.6 is 0 Å².